The molecule has 3 N–H and O–H groups in total. The SMILES string of the molecule is CN=C(NCc1ccc2c(c1)OCCCO2)NCC1CC(=O)Nc2ccccc21. The van der Waals surface area contributed by atoms with Crippen LogP contribution < -0.4 is 25.4 Å². The van der Waals surface area contributed by atoms with Crippen molar-refractivity contribution in [2.75, 3.05) is 32.1 Å². The number of carbonyl (C=O) groups excluding carboxylic acids is 1. The molecule has 29 heavy (non-hydrogen) atoms. The largest absolute Gasteiger partial charge is 0.490 e. The van der Waals surface area contributed by atoms with Crippen molar-refractivity contribution >= 4 is 17.6 Å². The molecule has 1 atom stereocenters. The molecule has 0 saturated carbocycles. The number of guanidine groups is 1. The lowest BCUT2D eigenvalue weighted by molar-refractivity contribution is -0.116. The second kappa shape index (κ2) is 8.86. The molecule has 0 aliphatic carbocycles. The van der Waals surface area contributed by atoms with Gasteiger partial charge in [-0.15, -0.1) is 0 Å². The molecule has 2 heterocycles. The number of amides is 1. The number of benzene rings is 2. The maximum atomic E-state index is 12.0. The maximum absolute atomic E-state index is 12.0. The highest BCUT2D eigenvalue weighted by Crippen LogP contribution is 2.32. The summed E-state index contributed by atoms with van der Waals surface area (Å²) in [7, 11) is 1.74. The van der Waals surface area contributed by atoms with Crippen LogP contribution in [-0.4, -0.2) is 38.7 Å². The zero-order valence-corrected chi connectivity index (χ0v) is 16.5. The number of para-hydroxylation sites is 1. The minimum atomic E-state index is 0.0469. The van der Waals surface area contributed by atoms with E-state index in [0.29, 0.717) is 38.7 Å². The number of ether oxygens (including phenoxy) is 2. The van der Waals surface area contributed by atoms with Gasteiger partial charge in [-0.3, -0.25) is 9.79 Å². The van der Waals surface area contributed by atoms with Crippen LogP contribution in [0.3, 0.4) is 0 Å². The molecule has 152 valence electrons. The number of carbonyl (C=O) groups is 1. The van der Waals surface area contributed by atoms with Crippen LogP contribution in [-0.2, 0) is 11.3 Å². The van der Waals surface area contributed by atoms with Gasteiger partial charge in [-0.05, 0) is 29.3 Å². The van der Waals surface area contributed by atoms with E-state index in [0.717, 1.165) is 34.7 Å². The van der Waals surface area contributed by atoms with Crippen LogP contribution in [0.4, 0.5) is 5.69 Å². The Morgan fingerprint density at radius 2 is 1.97 bits per heavy atom. The molecule has 1 amide bonds. The zero-order chi connectivity index (χ0) is 20.1. The summed E-state index contributed by atoms with van der Waals surface area (Å²) >= 11 is 0. The number of hydrogen-bond acceptors (Lipinski definition) is 4. The smallest absolute Gasteiger partial charge is 0.225 e. The van der Waals surface area contributed by atoms with E-state index in [9.17, 15) is 4.79 Å². The number of hydrogen-bond donors (Lipinski definition) is 3. The number of fused-ring (bicyclic) bond motifs is 2. The molecule has 2 aromatic rings. The highest BCUT2D eigenvalue weighted by Gasteiger charge is 2.24. The van der Waals surface area contributed by atoms with Gasteiger partial charge < -0.3 is 25.4 Å². The number of anilines is 1. The molecule has 0 saturated heterocycles. The first-order valence-corrected chi connectivity index (χ1v) is 9.95. The average Bonchev–Trinajstić information content (AvgIpc) is 2.98. The lowest BCUT2D eigenvalue weighted by Crippen LogP contribution is -2.40. The van der Waals surface area contributed by atoms with Crippen molar-refractivity contribution in [3.05, 3.63) is 53.6 Å². The van der Waals surface area contributed by atoms with E-state index in [2.05, 4.69) is 27.0 Å². The number of nitrogens with one attached hydrogen (secondary N) is 3. The third-order valence-corrected chi connectivity index (χ3v) is 5.12. The van der Waals surface area contributed by atoms with Crippen LogP contribution in [0.2, 0.25) is 0 Å². The first-order valence-electron chi connectivity index (χ1n) is 9.95. The topological polar surface area (TPSA) is 84.0 Å². The fourth-order valence-electron chi connectivity index (χ4n) is 3.63. The first-order chi connectivity index (χ1) is 14.2. The van der Waals surface area contributed by atoms with Gasteiger partial charge in [0.05, 0.1) is 13.2 Å². The second-order valence-electron chi connectivity index (χ2n) is 7.17. The minimum Gasteiger partial charge on any atom is -0.490 e. The molecular formula is C22H26N4O3. The van der Waals surface area contributed by atoms with E-state index in [1.807, 2.05) is 36.4 Å². The van der Waals surface area contributed by atoms with E-state index < -0.39 is 0 Å². The van der Waals surface area contributed by atoms with E-state index in [-0.39, 0.29) is 11.8 Å². The third kappa shape index (κ3) is 4.62. The number of rotatable bonds is 4. The summed E-state index contributed by atoms with van der Waals surface area (Å²) in [4.78, 5) is 16.3. The van der Waals surface area contributed by atoms with Crippen LogP contribution in [0, 0.1) is 0 Å². The quantitative estimate of drug-likeness (QED) is 0.548. The van der Waals surface area contributed by atoms with Gasteiger partial charge in [0.2, 0.25) is 5.91 Å². The van der Waals surface area contributed by atoms with E-state index in [1.165, 1.54) is 0 Å². The van der Waals surface area contributed by atoms with Crippen molar-refractivity contribution in [3.63, 3.8) is 0 Å². The van der Waals surface area contributed by atoms with Gasteiger partial charge in [0.25, 0.3) is 0 Å². The number of nitrogens with zero attached hydrogens (tertiary/aromatic N) is 1. The molecule has 1 unspecified atom stereocenters. The van der Waals surface area contributed by atoms with E-state index >= 15 is 0 Å². The summed E-state index contributed by atoms with van der Waals surface area (Å²) < 4.78 is 11.4. The van der Waals surface area contributed by atoms with Gasteiger partial charge in [0.1, 0.15) is 0 Å². The van der Waals surface area contributed by atoms with Crippen molar-refractivity contribution < 1.29 is 14.3 Å². The fraction of sp³-hybridized carbons (Fsp3) is 0.364. The summed E-state index contributed by atoms with van der Waals surface area (Å²) in [6.45, 7) is 2.59. The summed E-state index contributed by atoms with van der Waals surface area (Å²) in [5.74, 6) is 2.43. The molecule has 0 spiro atoms. The first kappa shape index (κ1) is 19.1. The molecular weight excluding hydrogens is 368 g/mol. The van der Waals surface area contributed by atoms with Crippen LogP contribution >= 0.6 is 0 Å². The normalized spacial score (nSPS) is 18.3. The summed E-state index contributed by atoms with van der Waals surface area (Å²) in [6.07, 6.45) is 1.35. The molecule has 0 radical (unpaired) electrons. The fourth-order valence-corrected chi connectivity index (χ4v) is 3.63. The predicted molar refractivity (Wildman–Crippen MR) is 113 cm³/mol. The van der Waals surface area contributed by atoms with Crippen LogP contribution in [0.25, 0.3) is 0 Å². The van der Waals surface area contributed by atoms with Gasteiger partial charge in [0, 0.05) is 44.6 Å². The Kier molecular flexibility index (Phi) is 5.84. The molecule has 7 heteroatoms. The monoisotopic (exact) mass is 394 g/mol. The number of aliphatic imine (C=N–C) groups is 1. The maximum Gasteiger partial charge on any atom is 0.225 e. The van der Waals surface area contributed by atoms with Gasteiger partial charge in [0.15, 0.2) is 17.5 Å². The molecule has 2 aliphatic heterocycles. The van der Waals surface area contributed by atoms with Crippen molar-refractivity contribution in [2.45, 2.75) is 25.3 Å². The summed E-state index contributed by atoms with van der Waals surface area (Å²) in [6, 6.07) is 13.9. The highest BCUT2D eigenvalue weighted by molar-refractivity contribution is 5.94. The lowest BCUT2D eigenvalue weighted by Gasteiger charge is -2.26. The van der Waals surface area contributed by atoms with Crippen LogP contribution in [0.1, 0.15) is 29.9 Å². The summed E-state index contributed by atoms with van der Waals surface area (Å²) in [5.41, 5.74) is 3.13. The predicted octanol–water partition coefficient (Wildman–Crippen LogP) is 2.64. The molecule has 0 fully saturated rings. The van der Waals surface area contributed by atoms with E-state index in [1.54, 1.807) is 7.05 Å². The molecule has 7 nitrogen and oxygen atoms in total. The Bertz CT molecular complexity index is 913. The Labute approximate surface area is 170 Å². The Morgan fingerprint density at radius 3 is 2.83 bits per heavy atom. The summed E-state index contributed by atoms with van der Waals surface area (Å²) in [5, 5.41) is 9.60. The van der Waals surface area contributed by atoms with Crippen molar-refractivity contribution in [2.24, 2.45) is 4.99 Å². The van der Waals surface area contributed by atoms with Gasteiger partial charge in [-0.1, -0.05) is 24.3 Å². The molecule has 2 aliphatic rings. The molecule has 0 aromatic heterocycles. The third-order valence-electron chi connectivity index (χ3n) is 5.12. The van der Waals surface area contributed by atoms with Gasteiger partial charge in [-0.25, -0.2) is 0 Å². The van der Waals surface area contributed by atoms with E-state index in [4.69, 9.17) is 9.47 Å². The Hall–Kier alpha value is -3.22. The minimum absolute atomic E-state index is 0.0469. The Morgan fingerprint density at radius 1 is 1.14 bits per heavy atom. The van der Waals surface area contributed by atoms with Crippen molar-refractivity contribution in [1.82, 2.24) is 10.6 Å². The van der Waals surface area contributed by atoms with Gasteiger partial charge in [-0.2, -0.15) is 0 Å². The zero-order valence-electron chi connectivity index (χ0n) is 16.5. The van der Waals surface area contributed by atoms with Crippen molar-refractivity contribution in [3.8, 4) is 11.5 Å². The molecule has 2 aromatic carbocycles. The van der Waals surface area contributed by atoms with Crippen LogP contribution in [0.5, 0.6) is 11.5 Å². The molecule has 0 bridgehead atoms. The average molecular weight is 394 g/mol. The standard InChI is InChI=1S/C22H26N4O3/c1-23-22(24-13-15-7-8-19-20(11-15)29-10-4-9-28-19)25-14-16-12-21(27)26-18-6-3-2-5-17(16)18/h2-3,5-8,11,16H,4,9-10,12-14H2,1H3,(H,26,27)(H2,23,24,25). The second-order valence-corrected chi connectivity index (χ2v) is 7.17. The van der Waals surface area contributed by atoms with Crippen molar-refractivity contribution in [1.29, 1.82) is 0 Å². The molecule has 4 rings (SSSR count). The lowest BCUT2D eigenvalue weighted by atomic mass is 9.90. The highest BCUT2D eigenvalue weighted by atomic mass is 16.5. The van der Waals surface area contributed by atoms with Crippen LogP contribution in [0.15, 0.2) is 47.5 Å². The van der Waals surface area contributed by atoms with Gasteiger partial charge >= 0.3 is 0 Å². The Balaban J connectivity index is 1.35.